The number of primary amides is 1. The molecule has 1 saturated heterocycles. The van der Waals surface area contributed by atoms with Crippen molar-refractivity contribution < 1.29 is 49.0 Å². The number of aliphatic hydroxyl groups is 2. The Kier molecular flexibility index (Phi) is 14.0. The molecule has 0 spiro atoms. The highest BCUT2D eigenvalue weighted by atomic mass is 35.5. The van der Waals surface area contributed by atoms with Crippen molar-refractivity contribution in [3.63, 3.8) is 0 Å². The van der Waals surface area contributed by atoms with Gasteiger partial charge in [0.05, 0.1) is 29.2 Å². The quantitative estimate of drug-likeness (QED) is 0.0689. The molecule has 0 saturated carbocycles. The molecule has 0 radical (unpaired) electrons. The van der Waals surface area contributed by atoms with Crippen LogP contribution in [-0.2, 0) is 27.5 Å². The predicted molar refractivity (Wildman–Crippen MR) is 213 cm³/mol. The van der Waals surface area contributed by atoms with E-state index in [4.69, 9.17) is 43.1 Å². The molecule has 0 bridgehead atoms. The molecule has 2 heterocycles. The Morgan fingerprint density at radius 3 is 2.53 bits per heavy atom. The first-order chi connectivity index (χ1) is 27.0. The molecule has 4 unspecified atom stereocenters. The van der Waals surface area contributed by atoms with E-state index in [1.54, 1.807) is 18.2 Å². The molecular weight excluding hydrogens is 779 g/mol. The summed E-state index contributed by atoms with van der Waals surface area (Å²) in [5.74, 6) is -2.49. The molecule has 1 aromatic heterocycles. The van der Waals surface area contributed by atoms with Crippen molar-refractivity contribution in [1.29, 1.82) is 0 Å². The van der Waals surface area contributed by atoms with Crippen LogP contribution < -0.4 is 20.5 Å². The highest BCUT2D eigenvalue weighted by molar-refractivity contribution is 6.32. The number of carbonyl (C=O) groups is 3. The first kappa shape index (κ1) is 43.6. The Hall–Kier alpha value is -4.54. The number of alkyl halides is 1. The summed E-state index contributed by atoms with van der Waals surface area (Å²) in [4.78, 5) is 39.9. The Morgan fingerprint density at radius 2 is 1.84 bits per heavy atom. The van der Waals surface area contributed by atoms with E-state index in [2.05, 4.69) is 10.3 Å². The highest BCUT2D eigenvalue weighted by Crippen LogP contribution is 2.48. The normalized spacial score (nSPS) is 23.1. The zero-order valence-electron chi connectivity index (χ0n) is 31.7. The van der Waals surface area contributed by atoms with E-state index >= 15 is 0 Å². The Morgan fingerprint density at radius 1 is 1.09 bits per heavy atom. The van der Waals surface area contributed by atoms with Crippen LogP contribution in [0.3, 0.4) is 0 Å². The van der Waals surface area contributed by atoms with E-state index in [9.17, 15) is 34.8 Å². The lowest BCUT2D eigenvalue weighted by Gasteiger charge is -2.45. The number of nitrogens with one attached hydrogen (secondary N) is 1. The van der Waals surface area contributed by atoms with Crippen LogP contribution in [0.5, 0.6) is 11.5 Å². The summed E-state index contributed by atoms with van der Waals surface area (Å²) in [6, 6.07) is 14.3. The van der Waals surface area contributed by atoms with E-state index in [1.807, 2.05) is 60.4 Å². The number of hydrogen-bond acceptors (Lipinski definition) is 11. The first-order valence-electron chi connectivity index (χ1n) is 18.4. The van der Waals surface area contributed by atoms with Gasteiger partial charge in [0.25, 0.3) is 0 Å². The van der Waals surface area contributed by atoms with Crippen LogP contribution >= 0.6 is 23.2 Å². The van der Waals surface area contributed by atoms with Gasteiger partial charge in [-0.2, -0.15) is 0 Å². The van der Waals surface area contributed by atoms with Crippen molar-refractivity contribution in [1.82, 2.24) is 15.2 Å². The summed E-state index contributed by atoms with van der Waals surface area (Å²) in [7, 11) is 0. The number of allylic oxidation sites excluding steroid dienone is 2. The third-order valence-corrected chi connectivity index (χ3v) is 11.2. The van der Waals surface area contributed by atoms with Crippen molar-refractivity contribution in [3.8, 4) is 11.5 Å². The van der Waals surface area contributed by atoms with E-state index in [1.165, 1.54) is 19.3 Å². The number of aliphatic hydroxyl groups excluding tert-OH is 1. The Bertz CT molecular complexity index is 2000. The molecule has 1 aliphatic heterocycles. The number of hydrogen-bond donors (Lipinski definition) is 6. The van der Waals surface area contributed by atoms with E-state index < -0.39 is 46.1 Å². The lowest BCUT2D eigenvalue weighted by molar-refractivity contribution is -0.146. The molecule has 57 heavy (non-hydrogen) atoms. The van der Waals surface area contributed by atoms with Crippen LogP contribution in [0.4, 0.5) is 0 Å². The molecule has 2 aliphatic rings. The smallest absolute Gasteiger partial charge is 0.326 e. The first-order valence-corrected chi connectivity index (χ1v) is 19.1. The van der Waals surface area contributed by atoms with Gasteiger partial charge in [-0.25, -0.2) is 0 Å². The third kappa shape index (κ3) is 10.5. The molecule has 1 aliphatic carbocycles. The van der Waals surface area contributed by atoms with Crippen LogP contribution in [0.25, 0.3) is 5.57 Å². The fourth-order valence-corrected chi connectivity index (χ4v) is 7.42. The summed E-state index contributed by atoms with van der Waals surface area (Å²) < 4.78 is 19.4. The van der Waals surface area contributed by atoms with Crippen molar-refractivity contribution in [3.05, 3.63) is 106 Å². The standard InChI is InChI=1S/C41H48Cl2N4O10/c1-38(25-48,37(52)53)46-22-29-17-32(42)34(18-33(29)55-23-27-16-30(36(44)51)21-45-20-27)56-26-41(11-6-10-31(39(41,2)43)28-8-4-3-5-9-28)57-15-7-13-47-14-12-40(54,24-47)19-35(49)50/h3-6,8-11,16-18,20-21,46,48,54H,7,12-15,19,22-26H2,1-2H3,(H2,44,51)(H,49,50)(H,52,53). The number of ether oxygens (including phenoxy) is 3. The minimum Gasteiger partial charge on any atom is -0.488 e. The van der Waals surface area contributed by atoms with Gasteiger partial charge in [0.15, 0.2) is 0 Å². The van der Waals surface area contributed by atoms with Gasteiger partial charge in [0, 0.05) is 62.4 Å². The number of amides is 1. The molecule has 14 nitrogen and oxygen atoms in total. The van der Waals surface area contributed by atoms with Gasteiger partial charge in [-0.3, -0.25) is 24.7 Å². The van der Waals surface area contributed by atoms with Crippen LogP contribution in [0.2, 0.25) is 5.02 Å². The largest absolute Gasteiger partial charge is 0.488 e. The minimum atomic E-state index is -1.67. The second-order valence-electron chi connectivity index (χ2n) is 14.8. The average Bonchev–Trinajstić information content (AvgIpc) is 3.54. The van der Waals surface area contributed by atoms with E-state index in [-0.39, 0.29) is 61.4 Å². The van der Waals surface area contributed by atoms with E-state index in [0.717, 1.165) is 11.1 Å². The predicted octanol–water partition coefficient (Wildman–Crippen LogP) is 4.42. The number of halogens is 2. The van der Waals surface area contributed by atoms with Crippen LogP contribution in [0, 0.1) is 0 Å². The number of carboxylic acids is 2. The Labute approximate surface area is 340 Å². The highest BCUT2D eigenvalue weighted by Gasteiger charge is 2.51. The molecule has 2 aromatic carbocycles. The van der Waals surface area contributed by atoms with Crippen molar-refractivity contribution in [2.24, 2.45) is 5.73 Å². The molecule has 7 N–H and O–H groups in total. The maximum atomic E-state index is 11.9. The number of aromatic nitrogens is 1. The molecule has 4 atom stereocenters. The van der Waals surface area contributed by atoms with Gasteiger partial charge in [-0.1, -0.05) is 54.1 Å². The second-order valence-corrected chi connectivity index (χ2v) is 15.9. The number of pyridine rings is 1. The number of nitrogens with zero attached hydrogens (tertiary/aromatic N) is 2. The summed E-state index contributed by atoms with van der Waals surface area (Å²) in [5.41, 5.74) is 4.11. The summed E-state index contributed by atoms with van der Waals surface area (Å²) >= 11 is 14.4. The summed E-state index contributed by atoms with van der Waals surface area (Å²) in [5, 5.41) is 42.5. The van der Waals surface area contributed by atoms with Crippen LogP contribution in [0.1, 0.15) is 60.2 Å². The minimum absolute atomic E-state index is 0.0517. The topological polar surface area (TPSA) is 214 Å². The molecule has 3 aromatic rings. The Balaban J connectivity index is 1.41. The number of β-amino-alcohol motifs (C(OH)–C–C–N with tert-alkyl or cyclic N) is 1. The number of carbonyl (C=O) groups excluding carboxylic acids is 1. The van der Waals surface area contributed by atoms with Gasteiger partial charge >= 0.3 is 11.9 Å². The van der Waals surface area contributed by atoms with Gasteiger partial charge in [0.1, 0.15) is 40.7 Å². The zero-order valence-corrected chi connectivity index (χ0v) is 33.3. The number of benzene rings is 2. The van der Waals surface area contributed by atoms with Crippen LogP contribution in [0.15, 0.2) is 79.2 Å². The van der Waals surface area contributed by atoms with Crippen LogP contribution in [-0.4, -0.2) is 109 Å². The second kappa shape index (κ2) is 18.4. The number of nitrogens with two attached hydrogens (primary N) is 1. The lowest BCUT2D eigenvalue weighted by Crippen LogP contribution is -2.55. The molecule has 16 heteroatoms. The molecule has 5 rings (SSSR count). The number of likely N-dealkylation sites (tertiary alicyclic amines) is 1. The van der Waals surface area contributed by atoms with Gasteiger partial charge in [0.2, 0.25) is 5.91 Å². The van der Waals surface area contributed by atoms with Crippen molar-refractivity contribution >= 4 is 46.6 Å². The SMILES string of the molecule is CC(CO)(NCc1cc(Cl)c(OCC2(OCCCN3CCC(O)(CC(=O)O)C3)C=CC=C(c3ccccc3)C2(C)Cl)cc1OCc1cncc(C(N)=O)c1)C(=O)O. The van der Waals surface area contributed by atoms with Crippen molar-refractivity contribution in [2.45, 2.75) is 67.9 Å². The fraction of sp³-hybridized carbons (Fsp3) is 0.415. The number of aliphatic carboxylic acids is 2. The maximum Gasteiger partial charge on any atom is 0.326 e. The fourth-order valence-electron chi connectivity index (χ4n) is 6.83. The van der Waals surface area contributed by atoms with Gasteiger partial charge in [-0.15, -0.1) is 11.6 Å². The number of carboxylic acid groups (broad SMARTS) is 2. The maximum absolute atomic E-state index is 11.9. The van der Waals surface area contributed by atoms with Gasteiger partial charge < -0.3 is 45.3 Å². The molecular formula is C41H48Cl2N4O10. The molecule has 1 amide bonds. The lowest BCUT2D eigenvalue weighted by atomic mass is 9.76. The zero-order chi connectivity index (χ0) is 41.4. The number of rotatable bonds is 20. The van der Waals surface area contributed by atoms with Crippen molar-refractivity contribution in [2.75, 3.05) is 39.5 Å². The van der Waals surface area contributed by atoms with Gasteiger partial charge in [-0.05, 0) is 56.0 Å². The summed E-state index contributed by atoms with van der Waals surface area (Å²) in [6.45, 7) is 3.89. The summed E-state index contributed by atoms with van der Waals surface area (Å²) in [6.07, 6.45) is 9.08. The monoisotopic (exact) mass is 826 g/mol. The third-order valence-electron chi connectivity index (χ3n) is 10.4. The van der Waals surface area contributed by atoms with E-state index in [0.29, 0.717) is 37.1 Å². The molecule has 306 valence electrons. The average molecular weight is 828 g/mol. The molecule has 1 fully saturated rings.